The van der Waals surface area contributed by atoms with E-state index in [0.717, 1.165) is 13.1 Å². The average Bonchev–Trinajstić information content (AvgIpc) is 2.18. The minimum atomic E-state index is -0.422. The molecule has 0 aromatic heterocycles. The van der Waals surface area contributed by atoms with Crippen LogP contribution in [0.25, 0.3) is 0 Å². The number of amides is 1. The van der Waals surface area contributed by atoms with Crippen LogP contribution in [0.15, 0.2) is 22.7 Å². The molecule has 2 N–H and O–H groups in total. The highest BCUT2D eigenvalue weighted by Crippen LogP contribution is 2.25. The lowest BCUT2D eigenvalue weighted by Crippen LogP contribution is -2.43. The number of carbonyl (C=O) groups is 1. The fraction of sp³-hybridized carbons (Fsp3) is 0.364. The van der Waals surface area contributed by atoms with Crippen LogP contribution in [0.2, 0.25) is 0 Å². The molecule has 5 heteroatoms. The highest BCUT2D eigenvalue weighted by molar-refractivity contribution is 9.10. The zero-order valence-electron chi connectivity index (χ0n) is 8.59. The Labute approximate surface area is 102 Å². The maximum atomic E-state index is 13.4. The molecule has 1 aromatic carbocycles. The fourth-order valence-corrected chi connectivity index (χ4v) is 2.00. The Morgan fingerprint density at radius 1 is 1.56 bits per heavy atom. The fourth-order valence-electron chi connectivity index (χ4n) is 1.56. The van der Waals surface area contributed by atoms with Crippen molar-refractivity contribution >= 4 is 27.5 Å². The summed E-state index contributed by atoms with van der Waals surface area (Å²) in [5.41, 5.74) is 0.222. The van der Waals surface area contributed by atoms with Gasteiger partial charge in [0.25, 0.3) is 0 Å². The van der Waals surface area contributed by atoms with Crippen molar-refractivity contribution in [1.29, 1.82) is 0 Å². The number of rotatable bonds is 3. The van der Waals surface area contributed by atoms with Crippen molar-refractivity contribution in [3.05, 3.63) is 28.5 Å². The smallest absolute Gasteiger partial charge is 0.224 e. The summed E-state index contributed by atoms with van der Waals surface area (Å²) in [6.45, 7) is 1.73. The van der Waals surface area contributed by atoms with E-state index >= 15 is 0 Å². The number of nitrogens with one attached hydrogen (secondary N) is 2. The molecule has 1 fully saturated rings. The quantitative estimate of drug-likeness (QED) is 0.894. The van der Waals surface area contributed by atoms with Gasteiger partial charge >= 0.3 is 0 Å². The van der Waals surface area contributed by atoms with Crippen LogP contribution in [0.1, 0.15) is 6.42 Å². The van der Waals surface area contributed by atoms with E-state index < -0.39 is 5.82 Å². The van der Waals surface area contributed by atoms with E-state index in [1.165, 1.54) is 6.07 Å². The lowest BCUT2D eigenvalue weighted by molar-refractivity contribution is -0.117. The summed E-state index contributed by atoms with van der Waals surface area (Å²) < 4.78 is 13.9. The molecule has 1 amide bonds. The van der Waals surface area contributed by atoms with E-state index in [-0.39, 0.29) is 11.6 Å². The first-order chi connectivity index (χ1) is 7.66. The Morgan fingerprint density at radius 3 is 2.88 bits per heavy atom. The second-order valence-electron chi connectivity index (χ2n) is 3.87. The molecule has 2 rings (SSSR count). The molecule has 0 spiro atoms. The maximum Gasteiger partial charge on any atom is 0.224 e. The third kappa shape index (κ3) is 2.59. The summed E-state index contributed by atoms with van der Waals surface area (Å²) in [5.74, 6) is -0.183. The minimum absolute atomic E-state index is 0.141. The highest BCUT2D eigenvalue weighted by atomic mass is 79.9. The van der Waals surface area contributed by atoms with Crippen molar-refractivity contribution in [3.63, 3.8) is 0 Å². The number of halogens is 2. The van der Waals surface area contributed by atoms with E-state index in [9.17, 15) is 9.18 Å². The second-order valence-corrected chi connectivity index (χ2v) is 4.73. The molecule has 0 aliphatic carbocycles. The highest BCUT2D eigenvalue weighted by Gasteiger charge is 2.21. The first-order valence-corrected chi connectivity index (χ1v) is 5.90. The van der Waals surface area contributed by atoms with Gasteiger partial charge in [0, 0.05) is 10.9 Å². The normalized spacial score (nSPS) is 15.6. The molecule has 0 bridgehead atoms. The van der Waals surface area contributed by atoms with Gasteiger partial charge in [0.1, 0.15) is 5.82 Å². The molecule has 1 heterocycles. The molecule has 3 nitrogen and oxygen atoms in total. The minimum Gasteiger partial charge on any atom is -0.323 e. The van der Waals surface area contributed by atoms with Crippen LogP contribution in [-0.2, 0) is 4.79 Å². The summed E-state index contributed by atoms with van der Waals surface area (Å²) in [4.78, 5) is 11.6. The lowest BCUT2D eigenvalue weighted by atomic mass is 9.99. The SMILES string of the molecule is O=C(CC1CNC1)Nc1c(F)cccc1Br. The van der Waals surface area contributed by atoms with Gasteiger partial charge in [-0.15, -0.1) is 0 Å². The summed E-state index contributed by atoms with van der Waals surface area (Å²) in [5, 5.41) is 5.68. The van der Waals surface area contributed by atoms with Gasteiger partial charge in [-0.25, -0.2) is 4.39 Å². The number of benzene rings is 1. The van der Waals surface area contributed by atoms with Gasteiger partial charge in [0.15, 0.2) is 0 Å². The molecule has 1 saturated heterocycles. The molecule has 16 heavy (non-hydrogen) atoms. The Kier molecular flexibility index (Phi) is 3.56. The number of hydrogen-bond donors (Lipinski definition) is 2. The maximum absolute atomic E-state index is 13.4. The number of carbonyl (C=O) groups excluding carboxylic acids is 1. The summed E-state index contributed by atoms with van der Waals surface area (Å²) in [6, 6.07) is 4.61. The van der Waals surface area contributed by atoms with Gasteiger partial charge in [0.2, 0.25) is 5.91 Å². The Balaban J connectivity index is 1.99. The number of para-hydroxylation sites is 1. The molecule has 86 valence electrons. The molecule has 0 saturated carbocycles. The van der Waals surface area contributed by atoms with Crippen molar-refractivity contribution in [1.82, 2.24) is 5.32 Å². The Bertz CT molecular complexity index is 387. The molecular weight excluding hydrogens is 275 g/mol. The van der Waals surface area contributed by atoms with Gasteiger partial charge in [-0.3, -0.25) is 4.79 Å². The van der Waals surface area contributed by atoms with Crippen LogP contribution < -0.4 is 10.6 Å². The molecular formula is C11H12BrFN2O. The first-order valence-electron chi connectivity index (χ1n) is 5.11. The monoisotopic (exact) mass is 286 g/mol. The third-order valence-corrected chi connectivity index (χ3v) is 3.23. The van der Waals surface area contributed by atoms with Crippen molar-refractivity contribution in [2.45, 2.75) is 6.42 Å². The van der Waals surface area contributed by atoms with Gasteiger partial charge in [-0.2, -0.15) is 0 Å². The van der Waals surface area contributed by atoms with E-state index in [1.54, 1.807) is 12.1 Å². The van der Waals surface area contributed by atoms with Crippen molar-refractivity contribution < 1.29 is 9.18 Å². The number of anilines is 1. The van der Waals surface area contributed by atoms with Gasteiger partial charge in [0.05, 0.1) is 5.69 Å². The lowest BCUT2D eigenvalue weighted by Gasteiger charge is -2.26. The third-order valence-electron chi connectivity index (χ3n) is 2.57. The predicted octanol–water partition coefficient (Wildman–Crippen LogP) is 2.14. The Hall–Kier alpha value is -0.940. The topological polar surface area (TPSA) is 41.1 Å². The summed E-state index contributed by atoms with van der Waals surface area (Å²) >= 11 is 3.21. The van der Waals surface area contributed by atoms with Crippen LogP contribution in [0.5, 0.6) is 0 Å². The van der Waals surface area contributed by atoms with E-state index in [4.69, 9.17) is 0 Å². The molecule has 0 unspecified atom stereocenters. The van der Waals surface area contributed by atoms with Crippen LogP contribution in [0, 0.1) is 11.7 Å². The van der Waals surface area contributed by atoms with Crippen LogP contribution in [0.3, 0.4) is 0 Å². The molecule has 1 aliphatic heterocycles. The van der Waals surface area contributed by atoms with E-state index in [0.29, 0.717) is 16.8 Å². The summed E-state index contributed by atoms with van der Waals surface area (Å²) in [6.07, 6.45) is 0.438. The van der Waals surface area contributed by atoms with Gasteiger partial charge in [-0.05, 0) is 47.1 Å². The zero-order chi connectivity index (χ0) is 11.5. The zero-order valence-corrected chi connectivity index (χ0v) is 10.2. The average molecular weight is 287 g/mol. The van der Waals surface area contributed by atoms with Gasteiger partial charge in [-0.1, -0.05) is 6.07 Å². The second kappa shape index (κ2) is 4.93. The van der Waals surface area contributed by atoms with Crippen LogP contribution in [-0.4, -0.2) is 19.0 Å². The van der Waals surface area contributed by atoms with E-state index in [2.05, 4.69) is 26.6 Å². The predicted molar refractivity (Wildman–Crippen MR) is 63.7 cm³/mol. The van der Waals surface area contributed by atoms with Crippen molar-refractivity contribution in [2.24, 2.45) is 5.92 Å². The standard InChI is InChI=1S/C11H12BrFN2O/c12-8-2-1-3-9(13)11(8)15-10(16)4-7-5-14-6-7/h1-3,7,14H,4-6H2,(H,15,16). The first kappa shape index (κ1) is 11.5. The van der Waals surface area contributed by atoms with E-state index in [1.807, 2.05) is 0 Å². The van der Waals surface area contributed by atoms with Crippen molar-refractivity contribution in [2.75, 3.05) is 18.4 Å². The molecule has 0 radical (unpaired) electrons. The molecule has 1 aromatic rings. The molecule has 0 atom stereocenters. The summed E-state index contributed by atoms with van der Waals surface area (Å²) in [7, 11) is 0. The van der Waals surface area contributed by atoms with Crippen molar-refractivity contribution in [3.8, 4) is 0 Å². The van der Waals surface area contributed by atoms with Gasteiger partial charge < -0.3 is 10.6 Å². The Morgan fingerprint density at radius 2 is 2.31 bits per heavy atom. The number of hydrogen-bond acceptors (Lipinski definition) is 2. The van der Waals surface area contributed by atoms with Crippen LogP contribution in [0.4, 0.5) is 10.1 Å². The largest absolute Gasteiger partial charge is 0.323 e. The van der Waals surface area contributed by atoms with Crippen LogP contribution >= 0.6 is 15.9 Å². The molecule has 1 aliphatic rings.